The number of benzene rings is 2. The fraction of sp³-hybridized carbons (Fsp3) is 0.111. The van der Waals surface area contributed by atoms with Gasteiger partial charge in [-0.3, -0.25) is 4.79 Å². The Morgan fingerprint density at radius 2 is 1.77 bits per heavy atom. The molecular formula is C18H15O4-. The number of aryl methyl sites for hydroxylation is 1. The molecule has 0 aliphatic carbocycles. The molecule has 4 nitrogen and oxygen atoms in total. The standard InChI is InChI=1S/C18H16O4/c1-13-4-2-3-5-14(13)8-11-17(19)15-6-9-16(10-7-15)22-12-18(20)21/h2-11H,12H2,1H3,(H,20,21)/p-1/b11-8+. The maximum atomic E-state index is 12.1. The normalized spacial score (nSPS) is 10.6. The van der Waals surface area contributed by atoms with Crippen molar-refractivity contribution in [2.75, 3.05) is 6.61 Å². The van der Waals surface area contributed by atoms with E-state index in [4.69, 9.17) is 4.74 Å². The van der Waals surface area contributed by atoms with E-state index in [1.54, 1.807) is 30.3 Å². The molecule has 0 aliphatic rings. The van der Waals surface area contributed by atoms with Crippen molar-refractivity contribution in [3.05, 3.63) is 71.3 Å². The quantitative estimate of drug-likeness (QED) is 0.604. The van der Waals surface area contributed by atoms with E-state index in [1.807, 2.05) is 31.2 Å². The first-order valence-corrected chi connectivity index (χ1v) is 6.77. The summed E-state index contributed by atoms with van der Waals surface area (Å²) in [4.78, 5) is 22.4. The highest BCUT2D eigenvalue weighted by molar-refractivity contribution is 6.06. The Balaban J connectivity index is 2.04. The van der Waals surface area contributed by atoms with Crippen LogP contribution in [-0.4, -0.2) is 18.4 Å². The molecule has 2 rings (SSSR count). The minimum Gasteiger partial charge on any atom is -0.546 e. The molecule has 22 heavy (non-hydrogen) atoms. The van der Waals surface area contributed by atoms with E-state index in [2.05, 4.69) is 0 Å². The first-order valence-electron chi connectivity index (χ1n) is 6.77. The van der Waals surface area contributed by atoms with E-state index < -0.39 is 12.6 Å². The summed E-state index contributed by atoms with van der Waals surface area (Å²) in [6.07, 6.45) is 3.29. The van der Waals surface area contributed by atoms with Crippen molar-refractivity contribution in [3.8, 4) is 5.75 Å². The molecule has 0 N–H and O–H groups in total. The van der Waals surface area contributed by atoms with Gasteiger partial charge >= 0.3 is 0 Å². The third kappa shape index (κ3) is 4.31. The van der Waals surface area contributed by atoms with E-state index in [0.717, 1.165) is 11.1 Å². The summed E-state index contributed by atoms with van der Waals surface area (Å²) in [5, 5.41) is 10.3. The van der Waals surface area contributed by atoms with Crippen LogP contribution in [0.25, 0.3) is 6.08 Å². The van der Waals surface area contributed by atoms with Gasteiger partial charge in [0.2, 0.25) is 0 Å². The van der Waals surface area contributed by atoms with Crippen LogP contribution < -0.4 is 9.84 Å². The molecule has 0 saturated carbocycles. The Hall–Kier alpha value is -2.88. The number of hydrogen-bond acceptors (Lipinski definition) is 4. The lowest BCUT2D eigenvalue weighted by Gasteiger charge is -2.06. The van der Waals surface area contributed by atoms with Gasteiger partial charge in [0, 0.05) is 5.56 Å². The van der Waals surface area contributed by atoms with Crippen molar-refractivity contribution in [3.63, 3.8) is 0 Å². The van der Waals surface area contributed by atoms with Gasteiger partial charge in [-0.15, -0.1) is 0 Å². The van der Waals surface area contributed by atoms with Crippen LogP contribution in [0.3, 0.4) is 0 Å². The van der Waals surface area contributed by atoms with Crippen molar-refractivity contribution < 1.29 is 19.4 Å². The molecule has 0 saturated heterocycles. The van der Waals surface area contributed by atoms with Crippen molar-refractivity contribution in [2.24, 2.45) is 0 Å². The van der Waals surface area contributed by atoms with Crippen LogP contribution in [0.4, 0.5) is 0 Å². The van der Waals surface area contributed by atoms with Gasteiger partial charge in [0.15, 0.2) is 5.78 Å². The third-order valence-electron chi connectivity index (χ3n) is 3.10. The van der Waals surface area contributed by atoms with Crippen molar-refractivity contribution in [1.29, 1.82) is 0 Å². The smallest absolute Gasteiger partial charge is 0.185 e. The first kappa shape index (κ1) is 15.5. The molecular weight excluding hydrogens is 280 g/mol. The van der Waals surface area contributed by atoms with Crippen molar-refractivity contribution in [2.45, 2.75) is 6.92 Å². The topological polar surface area (TPSA) is 66.4 Å². The number of carboxylic acid groups (broad SMARTS) is 1. The zero-order valence-electron chi connectivity index (χ0n) is 12.1. The number of ether oxygens (including phenoxy) is 1. The maximum Gasteiger partial charge on any atom is 0.185 e. The molecule has 0 aliphatic heterocycles. The molecule has 0 aromatic heterocycles. The van der Waals surface area contributed by atoms with Gasteiger partial charge < -0.3 is 14.6 Å². The second kappa shape index (κ2) is 7.22. The summed E-state index contributed by atoms with van der Waals surface area (Å²) in [7, 11) is 0. The van der Waals surface area contributed by atoms with Gasteiger partial charge in [-0.2, -0.15) is 0 Å². The molecule has 0 fully saturated rings. The van der Waals surface area contributed by atoms with Crippen LogP contribution in [0.1, 0.15) is 21.5 Å². The van der Waals surface area contributed by atoms with Gasteiger partial charge in [-0.05, 0) is 48.4 Å². The average molecular weight is 295 g/mol. The second-order valence-electron chi connectivity index (χ2n) is 4.74. The Morgan fingerprint density at radius 3 is 2.41 bits per heavy atom. The SMILES string of the molecule is Cc1ccccc1/C=C/C(=O)c1ccc(OCC(=O)[O-])cc1. The molecule has 2 aromatic carbocycles. The summed E-state index contributed by atoms with van der Waals surface area (Å²) in [6.45, 7) is 1.47. The molecule has 0 atom stereocenters. The van der Waals surface area contributed by atoms with Crippen LogP contribution in [0, 0.1) is 6.92 Å². The Labute approximate surface area is 128 Å². The number of rotatable bonds is 6. The zero-order valence-corrected chi connectivity index (χ0v) is 12.1. The number of carbonyl (C=O) groups excluding carboxylic acids is 2. The van der Waals surface area contributed by atoms with Crippen LogP contribution in [0.2, 0.25) is 0 Å². The van der Waals surface area contributed by atoms with E-state index in [1.165, 1.54) is 6.08 Å². The highest BCUT2D eigenvalue weighted by Gasteiger charge is 2.03. The summed E-state index contributed by atoms with van der Waals surface area (Å²) < 4.78 is 4.96. The Kier molecular flexibility index (Phi) is 5.09. The number of aliphatic carboxylic acids is 1. The average Bonchev–Trinajstić information content (AvgIpc) is 2.52. The van der Waals surface area contributed by atoms with Crippen LogP contribution in [0.15, 0.2) is 54.6 Å². The monoisotopic (exact) mass is 295 g/mol. The highest BCUT2D eigenvalue weighted by Crippen LogP contribution is 2.14. The lowest BCUT2D eigenvalue weighted by Crippen LogP contribution is -2.28. The molecule has 0 spiro atoms. The predicted octanol–water partition coefficient (Wildman–Crippen LogP) is 2.02. The molecule has 0 heterocycles. The summed E-state index contributed by atoms with van der Waals surface area (Å²) >= 11 is 0. The Bertz CT molecular complexity index is 699. The van der Waals surface area contributed by atoms with E-state index >= 15 is 0 Å². The predicted molar refractivity (Wildman–Crippen MR) is 81.5 cm³/mol. The molecule has 2 aromatic rings. The van der Waals surface area contributed by atoms with Crippen LogP contribution in [-0.2, 0) is 4.79 Å². The fourth-order valence-electron chi connectivity index (χ4n) is 1.89. The lowest BCUT2D eigenvalue weighted by molar-refractivity contribution is -0.307. The highest BCUT2D eigenvalue weighted by atomic mass is 16.5. The minimum absolute atomic E-state index is 0.130. The molecule has 112 valence electrons. The van der Waals surface area contributed by atoms with Gasteiger partial charge in [0.1, 0.15) is 12.4 Å². The zero-order chi connectivity index (χ0) is 15.9. The van der Waals surface area contributed by atoms with Crippen molar-refractivity contribution >= 4 is 17.8 Å². The maximum absolute atomic E-state index is 12.1. The fourth-order valence-corrected chi connectivity index (χ4v) is 1.89. The van der Waals surface area contributed by atoms with E-state index in [-0.39, 0.29) is 5.78 Å². The Morgan fingerprint density at radius 1 is 1.09 bits per heavy atom. The van der Waals surface area contributed by atoms with Crippen molar-refractivity contribution in [1.82, 2.24) is 0 Å². The van der Waals surface area contributed by atoms with Gasteiger partial charge in [0.05, 0.1) is 5.97 Å². The molecule has 0 bridgehead atoms. The molecule has 0 amide bonds. The number of ketones is 1. The number of hydrogen-bond donors (Lipinski definition) is 0. The summed E-state index contributed by atoms with van der Waals surface area (Å²) in [5.74, 6) is -1.04. The summed E-state index contributed by atoms with van der Waals surface area (Å²) in [5.41, 5.74) is 2.59. The number of carbonyl (C=O) groups is 2. The van der Waals surface area contributed by atoms with Gasteiger partial charge in [0.25, 0.3) is 0 Å². The first-order chi connectivity index (χ1) is 10.6. The van der Waals surface area contributed by atoms with Crippen LogP contribution >= 0.6 is 0 Å². The van der Waals surface area contributed by atoms with E-state index in [9.17, 15) is 14.7 Å². The lowest BCUT2D eigenvalue weighted by atomic mass is 10.1. The number of carboxylic acids is 1. The van der Waals surface area contributed by atoms with Crippen LogP contribution in [0.5, 0.6) is 5.75 Å². The van der Waals surface area contributed by atoms with Gasteiger partial charge in [-0.25, -0.2) is 0 Å². The van der Waals surface area contributed by atoms with Gasteiger partial charge in [-0.1, -0.05) is 30.3 Å². The third-order valence-corrected chi connectivity index (χ3v) is 3.10. The summed E-state index contributed by atoms with van der Waals surface area (Å²) in [6, 6.07) is 14.1. The van der Waals surface area contributed by atoms with E-state index in [0.29, 0.717) is 11.3 Å². The molecule has 0 unspecified atom stereocenters. The largest absolute Gasteiger partial charge is 0.546 e. The second-order valence-corrected chi connectivity index (χ2v) is 4.74. The number of allylic oxidation sites excluding steroid dienone is 1. The minimum atomic E-state index is -1.29. The molecule has 0 radical (unpaired) electrons. The molecule has 4 heteroatoms.